The van der Waals surface area contributed by atoms with Gasteiger partial charge in [-0.1, -0.05) is 30.4 Å². The van der Waals surface area contributed by atoms with Crippen molar-refractivity contribution in [2.45, 2.75) is 32.7 Å². The predicted molar refractivity (Wildman–Crippen MR) is 111 cm³/mol. The van der Waals surface area contributed by atoms with E-state index in [1.54, 1.807) is 45.7 Å². The third-order valence-corrected chi connectivity index (χ3v) is 11.5. The van der Waals surface area contributed by atoms with Gasteiger partial charge in [0.1, 0.15) is 0 Å². The van der Waals surface area contributed by atoms with Crippen molar-refractivity contribution < 1.29 is 27.2 Å². The van der Waals surface area contributed by atoms with Gasteiger partial charge in [-0.3, -0.25) is 9.13 Å². The Morgan fingerprint density at radius 1 is 0.889 bits per heavy atom. The van der Waals surface area contributed by atoms with Gasteiger partial charge in [0.2, 0.25) is 0 Å². The molecule has 1 aromatic rings. The minimum Gasteiger partial charge on any atom is -0.343 e. The van der Waals surface area contributed by atoms with E-state index in [0.717, 1.165) is 0 Å². The van der Waals surface area contributed by atoms with Gasteiger partial charge >= 0.3 is 15.2 Å². The monoisotopic (exact) mass is 435 g/mol. The van der Waals surface area contributed by atoms with Crippen molar-refractivity contribution in [2.75, 3.05) is 38.4 Å². The first-order valence-electron chi connectivity index (χ1n) is 8.95. The third kappa shape index (κ3) is 3.36. The van der Waals surface area contributed by atoms with E-state index in [-0.39, 0.29) is 31.3 Å². The van der Waals surface area contributed by atoms with E-state index in [2.05, 4.69) is 0 Å². The highest BCUT2D eigenvalue weighted by Gasteiger charge is 2.73. The van der Waals surface area contributed by atoms with Crippen LogP contribution in [-0.2, 0) is 27.2 Å². The third-order valence-electron chi connectivity index (χ3n) is 4.24. The molecule has 0 aliphatic carbocycles. The van der Waals surface area contributed by atoms with Gasteiger partial charge in [0.15, 0.2) is 0 Å². The van der Waals surface area contributed by atoms with Gasteiger partial charge in [0.05, 0.1) is 31.3 Å². The fourth-order valence-corrected chi connectivity index (χ4v) is 10.1. The van der Waals surface area contributed by atoms with E-state index < -0.39 is 20.2 Å². The molecule has 0 spiro atoms. The lowest BCUT2D eigenvalue weighted by Crippen LogP contribution is -2.49. The van der Waals surface area contributed by atoms with Crippen LogP contribution in [0.25, 0.3) is 0 Å². The summed E-state index contributed by atoms with van der Waals surface area (Å²) in [5.74, 6) is 0. The number of nitrogens with zero attached hydrogens (tertiary/aromatic N) is 1. The maximum Gasteiger partial charge on any atom is 0.374 e. The van der Waals surface area contributed by atoms with Crippen LogP contribution in [0.15, 0.2) is 24.3 Å². The molecule has 2 rings (SSSR count). The number of thiocarbonyl (C=S) groups is 1. The molecule has 7 nitrogen and oxygen atoms in total. The summed E-state index contributed by atoms with van der Waals surface area (Å²) in [6.07, 6.45) is 0. The number of fused-ring (bicyclic) bond motifs is 1. The summed E-state index contributed by atoms with van der Waals surface area (Å²) in [6, 6.07) is 7.24. The summed E-state index contributed by atoms with van der Waals surface area (Å²) in [5.41, 5.74) is 1.30. The summed E-state index contributed by atoms with van der Waals surface area (Å²) >= 11 is 5.73. The van der Waals surface area contributed by atoms with Gasteiger partial charge in [-0.15, -0.1) is 0 Å². The average Bonchev–Trinajstić information content (AvgIpc) is 2.85. The Balaban J connectivity index is 2.88. The molecule has 0 unspecified atom stereocenters. The van der Waals surface area contributed by atoms with Crippen molar-refractivity contribution in [1.29, 1.82) is 0 Å². The molecule has 0 bridgehead atoms. The van der Waals surface area contributed by atoms with Crippen LogP contribution in [0.3, 0.4) is 0 Å². The quantitative estimate of drug-likeness (QED) is 0.374. The smallest absolute Gasteiger partial charge is 0.343 e. The number of rotatable bonds is 10. The Labute approximate surface area is 166 Å². The predicted octanol–water partition coefficient (Wildman–Crippen LogP) is 5.04. The highest BCUT2D eigenvalue weighted by molar-refractivity contribution is 7.86. The molecule has 0 atom stereocenters. The average molecular weight is 435 g/mol. The van der Waals surface area contributed by atoms with E-state index in [0.29, 0.717) is 11.3 Å². The molecule has 0 radical (unpaired) electrons. The summed E-state index contributed by atoms with van der Waals surface area (Å²) in [6.45, 7) is 7.11. The van der Waals surface area contributed by atoms with Gasteiger partial charge in [-0.25, -0.2) is 0 Å². The first-order valence-corrected chi connectivity index (χ1v) is 12.4. The van der Waals surface area contributed by atoms with Crippen molar-refractivity contribution in [3.05, 3.63) is 29.8 Å². The van der Waals surface area contributed by atoms with E-state index in [4.69, 9.17) is 30.3 Å². The van der Waals surface area contributed by atoms with Crippen molar-refractivity contribution in [1.82, 2.24) is 0 Å². The van der Waals surface area contributed by atoms with Crippen LogP contribution < -0.4 is 4.90 Å². The fourth-order valence-electron chi connectivity index (χ4n) is 3.34. The van der Waals surface area contributed by atoms with E-state index in [1.807, 2.05) is 18.2 Å². The summed E-state index contributed by atoms with van der Waals surface area (Å²) in [5, 5.41) is -1.88. The highest BCUT2D eigenvalue weighted by Crippen LogP contribution is 2.81. The number of likely N-dealkylation sites (N-methyl/N-ethyl adjacent to an activating group) is 1. The molecule has 0 fully saturated rings. The van der Waals surface area contributed by atoms with E-state index in [1.165, 1.54) is 0 Å². The van der Waals surface area contributed by atoms with Crippen molar-refractivity contribution in [3.63, 3.8) is 0 Å². The molecule has 1 heterocycles. The lowest BCUT2D eigenvalue weighted by atomic mass is 10.2. The molecule has 0 aromatic heterocycles. The lowest BCUT2D eigenvalue weighted by Gasteiger charge is -2.44. The Bertz CT molecular complexity index is 736. The SMILES string of the molecule is CCOP(=O)(OCC)C1(P(=O)(OCC)OCC)C(=S)c2ccccc2N1C. The van der Waals surface area contributed by atoms with Gasteiger partial charge in [0.25, 0.3) is 5.02 Å². The Hall–Kier alpha value is -0.590. The molecule has 1 aromatic carbocycles. The normalized spacial score (nSPS) is 16.6. The van der Waals surface area contributed by atoms with Gasteiger partial charge in [0, 0.05) is 18.3 Å². The van der Waals surface area contributed by atoms with Crippen LogP contribution in [0.2, 0.25) is 0 Å². The summed E-state index contributed by atoms with van der Waals surface area (Å²) in [4.78, 5) is 1.76. The van der Waals surface area contributed by atoms with Gasteiger partial charge in [-0.05, 0) is 33.8 Å². The second kappa shape index (κ2) is 8.83. The number of hydrogen-bond acceptors (Lipinski definition) is 8. The summed E-state index contributed by atoms with van der Waals surface area (Å²) < 4.78 is 50.8. The number of anilines is 1. The molecule has 0 saturated heterocycles. The second-order valence-corrected chi connectivity index (χ2v) is 10.8. The van der Waals surface area contributed by atoms with Gasteiger partial charge in [-0.2, -0.15) is 0 Å². The molecule has 10 heteroatoms. The van der Waals surface area contributed by atoms with Gasteiger partial charge < -0.3 is 23.0 Å². The van der Waals surface area contributed by atoms with E-state index in [9.17, 15) is 9.13 Å². The zero-order valence-electron chi connectivity index (χ0n) is 16.3. The summed E-state index contributed by atoms with van der Waals surface area (Å²) in [7, 11) is -6.54. The maximum atomic E-state index is 14.1. The van der Waals surface area contributed by atoms with Crippen molar-refractivity contribution in [2.24, 2.45) is 0 Å². The van der Waals surface area contributed by atoms with Crippen molar-refractivity contribution >= 4 is 38.0 Å². The van der Waals surface area contributed by atoms with Crippen LogP contribution in [-0.4, -0.2) is 43.4 Å². The fraction of sp³-hybridized carbons (Fsp3) is 0.588. The van der Waals surface area contributed by atoms with Crippen LogP contribution in [0, 0.1) is 0 Å². The molecule has 152 valence electrons. The molecule has 0 N–H and O–H groups in total. The Morgan fingerprint density at radius 2 is 1.30 bits per heavy atom. The lowest BCUT2D eigenvalue weighted by molar-refractivity contribution is 0.188. The number of para-hydroxylation sites is 1. The largest absolute Gasteiger partial charge is 0.374 e. The molecular weight excluding hydrogens is 408 g/mol. The molecule has 1 aliphatic rings. The van der Waals surface area contributed by atoms with E-state index >= 15 is 0 Å². The molecule has 0 amide bonds. The molecule has 27 heavy (non-hydrogen) atoms. The van der Waals surface area contributed by atoms with Crippen LogP contribution in [0.1, 0.15) is 33.3 Å². The molecule has 0 saturated carbocycles. The molecule has 1 aliphatic heterocycles. The standard InChI is InChI=1S/C17H27NO6P2S/c1-6-21-25(19,22-7-2)17(26(20,23-8-3)24-9-4)16(27)14-12-10-11-13-15(14)18(17)5/h10-13H,6-9H2,1-5H3. The second-order valence-electron chi connectivity index (χ2n) is 5.71. The zero-order valence-corrected chi connectivity index (χ0v) is 18.9. The van der Waals surface area contributed by atoms with Crippen LogP contribution in [0.4, 0.5) is 5.69 Å². The van der Waals surface area contributed by atoms with Crippen molar-refractivity contribution in [3.8, 4) is 0 Å². The maximum absolute atomic E-state index is 14.1. The minimum atomic E-state index is -4.10. The zero-order chi connectivity index (χ0) is 20.3. The molecular formula is C17H27NO6P2S. The topological polar surface area (TPSA) is 74.3 Å². The highest BCUT2D eigenvalue weighted by atomic mass is 32.1. The first-order chi connectivity index (χ1) is 12.8. The number of benzene rings is 1. The minimum absolute atomic E-state index is 0.0874. The Morgan fingerprint density at radius 3 is 1.67 bits per heavy atom. The first kappa shape index (κ1) is 22.7. The number of hydrogen-bond donors (Lipinski definition) is 0. The van der Waals surface area contributed by atoms with Crippen LogP contribution in [0.5, 0.6) is 0 Å². The van der Waals surface area contributed by atoms with Crippen LogP contribution >= 0.6 is 27.4 Å². The Kier molecular flexibility index (Phi) is 7.42.